The molecule has 0 saturated heterocycles. The predicted octanol–water partition coefficient (Wildman–Crippen LogP) is 2.34. The van der Waals surface area contributed by atoms with E-state index in [2.05, 4.69) is 26.3 Å². The molecule has 0 radical (unpaired) electrons. The quantitative estimate of drug-likeness (QED) is 0.777. The zero-order chi connectivity index (χ0) is 13.2. The van der Waals surface area contributed by atoms with Crippen molar-refractivity contribution in [1.82, 2.24) is 14.1 Å². The Bertz CT molecular complexity index is 696. The van der Waals surface area contributed by atoms with Gasteiger partial charge in [-0.1, -0.05) is 18.2 Å². The lowest BCUT2D eigenvalue weighted by atomic mass is 10.2. The number of fused-ring (bicyclic) bond motifs is 1. The van der Waals surface area contributed by atoms with Gasteiger partial charge in [0.15, 0.2) is 0 Å². The molecule has 0 atom stereocenters. The molecule has 3 rings (SSSR count). The van der Waals surface area contributed by atoms with Gasteiger partial charge in [-0.15, -0.1) is 0 Å². The monoisotopic (exact) mass is 255 g/mol. The van der Waals surface area contributed by atoms with Crippen molar-refractivity contribution in [2.75, 3.05) is 0 Å². The lowest BCUT2D eigenvalue weighted by Crippen LogP contribution is -2.07. The van der Waals surface area contributed by atoms with Gasteiger partial charge in [0.05, 0.1) is 6.61 Å². The van der Waals surface area contributed by atoms with Gasteiger partial charge >= 0.3 is 0 Å². The van der Waals surface area contributed by atoms with Crippen LogP contribution in [0.5, 0.6) is 0 Å². The van der Waals surface area contributed by atoms with Crippen molar-refractivity contribution in [1.29, 1.82) is 0 Å². The minimum atomic E-state index is 0.0810. The normalized spacial score (nSPS) is 11.3. The van der Waals surface area contributed by atoms with Crippen LogP contribution < -0.4 is 0 Å². The fraction of sp³-hybridized carbons (Fsp3) is 0.267. The van der Waals surface area contributed by atoms with Crippen LogP contribution in [-0.2, 0) is 19.7 Å². The molecule has 2 aromatic heterocycles. The van der Waals surface area contributed by atoms with Crippen LogP contribution in [0.25, 0.3) is 10.9 Å². The summed E-state index contributed by atoms with van der Waals surface area (Å²) in [5, 5.41) is 10.5. The predicted molar refractivity (Wildman–Crippen MR) is 74.8 cm³/mol. The minimum Gasteiger partial charge on any atom is -0.392 e. The third-order valence-corrected chi connectivity index (χ3v) is 3.55. The second-order valence-corrected chi connectivity index (χ2v) is 4.69. The number of para-hydroxylation sites is 1. The number of rotatable bonds is 4. The van der Waals surface area contributed by atoms with E-state index in [9.17, 15) is 5.11 Å². The highest BCUT2D eigenvalue weighted by molar-refractivity contribution is 5.83. The molecule has 0 aliphatic heterocycles. The molecule has 2 heterocycles. The summed E-state index contributed by atoms with van der Waals surface area (Å²) in [6.45, 7) is 3.84. The maximum absolute atomic E-state index is 9.42. The van der Waals surface area contributed by atoms with Crippen molar-refractivity contribution in [2.45, 2.75) is 26.6 Å². The van der Waals surface area contributed by atoms with Crippen LogP contribution in [-0.4, -0.2) is 19.2 Å². The summed E-state index contributed by atoms with van der Waals surface area (Å²) >= 11 is 0. The average molecular weight is 255 g/mol. The molecule has 0 spiro atoms. The van der Waals surface area contributed by atoms with Crippen LogP contribution in [0, 0.1) is 6.92 Å². The number of imidazole rings is 1. The smallest absolute Gasteiger partial charge is 0.105 e. The van der Waals surface area contributed by atoms with Gasteiger partial charge in [0, 0.05) is 48.1 Å². The van der Waals surface area contributed by atoms with E-state index in [1.165, 1.54) is 5.52 Å². The summed E-state index contributed by atoms with van der Waals surface area (Å²) in [6, 6.07) is 8.18. The lowest BCUT2D eigenvalue weighted by molar-refractivity contribution is 0.283. The van der Waals surface area contributed by atoms with Crippen LogP contribution in [0.4, 0.5) is 0 Å². The van der Waals surface area contributed by atoms with Crippen molar-refractivity contribution in [3.8, 4) is 0 Å². The summed E-state index contributed by atoms with van der Waals surface area (Å²) in [4.78, 5) is 4.23. The number of hydrogen-bond donors (Lipinski definition) is 1. The maximum Gasteiger partial charge on any atom is 0.105 e. The van der Waals surface area contributed by atoms with Gasteiger partial charge in [-0.3, -0.25) is 0 Å². The standard InChI is InChI=1S/C15H17N3O/c1-12-16-6-7-17(12)8-9-18-10-13(11-19)14-4-2-3-5-15(14)18/h2-7,10,19H,8-9,11H2,1H3. The third kappa shape index (κ3) is 2.15. The molecule has 0 saturated carbocycles. The van der Waals surface area contributed by atoms with Gasteiger partial charge in [0.25, 0.3) is 0 Å². The van der Waals surface area contributed by atoms with E-state index in [-0.39, 0.29) is 6.61 Å². The zero-order valence-electron chi connectivity index (χ0n) is 11.0. The number of aliphatic hydroxyl groups excluding tert-OH is 1. The lowest BCUT2D eigenvalue weighted by Gasteiger charge is -2.07. The molecule has 0 fully saturated rings. The number of aromatic nitrogens is 3. The SMILES string of the molecule is Cc1nccn1CCn1cc(CO)c2ccccc21. The first-order valence-corrected chi connectivity index (χ1v) is 6.45. The molecule has 1 N–H and O–H groups in total. The van der Waals surface area contributed by atoms with Gasteiger partial charge in [0.1, 0.15) is 5.82 Å². The highest BCUT2D eigenvalue weighted by Gasteiger charge is 2.07. The van der Waals surface area contributed by atoms with E-state index in [0.29, 0.717) is 0 Å². The highest BCUT2D eigenvalue weighted by Crippen LogP contribution is 2.21. The summed E-state index contributed by atoms with van der Waals surface area (Å²) in [7, 11) is 0. The second kappa shape index (κ2) is 4.90. The Balaban J connectivity index is 1.91. The Morgan fingerprint density at radius 3 is 2.68 bits per heavy atom. The molecule has 1 aromatic carbocycles. The number of nitrogens with zero attached hydrogens (tertiary/aromatic N) is 3. The van der Waals surface area contributed by atoms with Crippen molar-refractivity contribution in [2.24, 2.45) is 0 Å². The van der Waals surface area contributed by atoms with Crippen molar-refractivity contribution < 1.29 is 5.11 Å². The fourth-order valence-corrected chi connectivity index (χ4v) is 2.49. The topological polar surface area (TPSA) is 43.0 Å². The van der Waals surface area contributed by atoms with Crippen LogP contribution >= 0.6 is 0 Å². The Morgan fingerprint density at radius 2 is 1.95 bits per heavy atom. The van der Waals surface area contributed by atoms with E-state index in [1.54, 1.807) is 0 Å². The Kier molecular flexibility index (Phi) is 3.09. The summed E-state index contributed by atoms with van der Waals surface area (Å²) in [6.07, 6.45) is 5.85. The molecule has 4 nitrogen and oxygen atoms in total. The molecule has 3 aromatic rings. The molecule has 0 bridgehead atoms. The summed E-state index contributed by atoms with van der Waals surface area (Å²) < 4.78 is 4.33. The van der Waals surface area contributed by atoms with Gasteiger partial charge in [-0.2, -0.15) is 0 Å². The largest absolute Gasteiger partial charge is 0.392 e. The molecule has 4 heteroatoms. The van der Waals surface area contributed by atoms with E-state index >= 15 is 0 Å². The Hall–Kier alpha value is -2.07. The molecule has 19 heavy (non-hydrogen) atoms. The van der Waals surface area contributed by atoms with E-state index < -0.39 is 0 Å². The molecule has 98 valence electrons. The number of aryl methyl sites for hydroxylation is 3. The first-order valence-electron chi connectivity index (χ1n) is 6.45. The van der Waals surface area contributed by atoms with Gasteiger partial charge < -0.3 is 14.2 Å². The number of benzene rings is 1. The Labute approximate surface area is 111 Å². The maximum atomic E-state index is 9.42. The van der Waals surface area contributed by atoms with Crippen molar-refractivity contribution in [3.05, 3.63) is 54.2 Å². The van der Waals surface area contributed by atoms with Gasteiger partial charge in [-0.05, 0) is 13.0 Å². The zero-order valence-corrected chi connectivity index (χ0v) is 11.0. The van der Waals surface area contributed by atoms with Crippen LogP contribution in [0.3, 0.4) is 0 Å². The fourth-order valence-electron chi connectivity index (χ4n) is 2.49. The van der Waals surface area contributed by atoms with Crippen LogP contribution in [0.1, 0.15) is 11.4 Å². The van der Waals surface area contributed by atoms with Crippen molar-refractivity contribution >= 4 is 10.9 Å². The van der Waals surface area contributed by atoms with Gasteiger partial charge in [-0.25, -0.2) is 4.98 Å². The molecular weight excluding hydrogens is 238 g/mol. The minimum absolute atomic E-state index is 0.0810. The first-order chi connectivity index (χ1) is 9.29. The second-order valence-electron chi connectivity index (χ2n) is 4.69. The first kappa shape index (κ1) is 12.0. The molecule has 0 aliphatic carbocycles. The van der Waals surface area contributed by atoms with Gasteiger partial charge in [0.2, 0.25) is 0 Å². The van der Waals surface area contributed by atoms with Crippen molar-refractivity contribution in [3.63, 3.8) is 0 Å². The van der Waals surface area contributed by atoms with E-state index in [1.807, 2.05) is 37.6 Å². The van der Waals surface area contributed by atoms with Crippen LogP contribution in [0.15, 0.2) is 42.9 Å². The number of aliphatic hydroxyl groups is 1. The Morgan fingerprint density at radius 1 is 1.16 bits per heavy atom. The highest BCUT2D eigenvalue weighted by atomic mass is 16.3. The summed E-state index contributed by atoms with van der Waals surface area (Å²) in [5.74, 6) is 1.03. The molecule has 0 unspecified atom stereocenters. The average Bonchev–Trinajstić information content (AvgIpc) is 3.00. The third-order valence-electron chi connectivity index (χ3n) is 3.55. The summed E-state index contributed by atoms with van der Waals surface area (Å²) in [5.41, 5.74) is 2.15. The molecular formula is C15H17N3O. The van der Waals surface area contributed by atoms with E-state index in [4.69, 9.17) is 0 Å². The van der Waals surface area contributed by atoms with E-state index in [0.717, 1.165) is 29.9 Å². The molecule has 0 aliphatic rings. The van der Waals surface area contributed by atoms with Crippen LogP contribution in [0.2, 0.25) is 0 Å². The molecule has 0 amide bonds. The number of hydrogen-bond acceptors (Lipinski definition) is 2.